The van der Waals surface area contributed by atoms with Crippen LogP contribution in [-0.2, 0) is 4.79 Å². The summed E-state index contributed by atoms with van der Waals surface area (Å²) in [5.41, 5.74) is 0. The second-order valence-electron chi connectivity index (χ2n) is 4.61. The standard InChI is InChI=1S/C14H29NO/c1-5-8-9-10-11-12-13(4)14(16)15(6-2)7-3/h13H,5-12H2,1-4H3. The van der Waals surface area contributed by atoms with Gasteiger partial charge < -0.3 is 4.90 Å². The molecule has 0 aromatic rings. The fourth-order valence-corrected chi connectivity index (χ4v) is 2.02. The molecule has 0 saturated heterocycles. The van der Waals surface area contributed by atoms with Gasteiger partial charge in [-0.25, -0.2) is 0 Å². The molecule has 0 heterocycles. The van der Waals surface area contributed by atoms with Gasteiger partial charge in [0.1, 0.15) is 0 Å². The van der Waals surface area contributed by atoms with Crippen molar-refractivity contribution in [1.82, 2.24) is 4.90 Å². The van der Waals surface area contributed by atoms with Crippen molar-refractivity contribution in [1.29, 1.82) is 0 Å². The number of unbranched alkanes of at least 4 members (excludes halogenated alkanes) is 4. The van der Waals surface area contributed by atoms with E-state index in [1.54, 1.807) is 0 Å². The summed E-state index contributed by atoms with van der Waals surface area (Å²) in [5.74, 6) is 0.544. The third-order valence-electron chi connectivity index (χ3n) is 3.24. The van der Waals surface area contributed by atoms with E-state index >= 15 is 0 Å². The molecule has 0 fully saturated rings. The summed E-state index contributed by atoms with van der Waals surface area (Å²) in [7, 11) is 0. The van der Waals surface area contributed by atoms with Gasteiger partial charge >= 0.3 is 0 Å². The van der Waals surface area contributed by atoms with E-state index in [-0.39, 0.29) is 5.92 Å². The van der Waals surface area contributed by atoms with Gasteiger partial charge in [0.2, 0.25) is 5.91 Å². The van der Waals surface area contributed by atoms with Crippen molar-refractivity contribution < 1.29 is 4.79 Å². The summed E-state index contributed by atoms with van der Waals surface area (Å²) >= 11 is 0. The first kappa shape index (κ1) is 15.5. The average molecular weight is 227 g/mol. The van der Waals surface area contributed by atoms with Gasteiger partial charge in [-0.15, -0.1) is 0 Å². The predicted octanol–water partition coefficient (Wildman–Crippen LogP) is 3.85. The Morgan fingerprint density at radius 2 is 1.56 bits per heavy atom. The van der Waals surface area contributed by atoms with E-state index in [4.69, 9.17) is 0 Å². The number of amides is 1. The molecule has 0 aliphatic rings. The topological polar surface area (TPSA) is 20.3 Å². The Kier molecular flexibility index (Phi) is 9.36. The van der Waals surface area contributed by atoms with Crippen LogP contribution in [0.2, 0.25) is 0 Å². The van der Waals surface area contributed by atoms with Crippen molar-refractivity contribution in [3.8, 4) is 0 Å². The highest BCUT2D eigenvalue weighted by Gasteiger charge is 2.17. The Morgan fingerprint density at radius 3 is 2.06 bits per heavy atom. The summed E-state index contributed by atoms with van der Waals surface area (Å²) < 4.78 is 0. The molecule has 1 atom stereocenters. The lowest BCUT2D eigenvalue weighted by atomic mass is 10.0. The van der Waals surface area contributed by atoms with E-state index in [0.29, 0.717) is 5.91 Å². The molecule has 96 valence electrons. The van der Waals surface area contributed by atoms with Gasteiger partial charge in [0.15, 0.2) is 0 Å². The minimum Gasteiger partial charge on any atom is -0.343 e. The van der Waals surface area contributed by atoms with E-state index in [0.717, 1.165) is 19.5 Å². The molecule has 0 spiro atoms. The normalized spacial score (nSPS) is 12.5. The monoisotopic (exact) mass is 227 g/mol. The number of rotatable bonds is 9. The Bertz CT molecular complexity index is 176. The lowest BCUT2D eigenvalue weighted by Gasteiger charge is -2.22. The molecular weight excluding hydrogens is 198 g/mol. The van der Waals surface area contributed by atoms with Gasteiger partial charge in [0.25, 0.3) is 0 Å². The van der Waals surface area contributed by atoms with Crippen LogP contribution in [0.4, 0.5) is 0 Å². The van der Waals surface area contributed by atoms with E-state index < -0.39 is 0 Å². The van der Waals surface area contributed by atoms with Crippen LogP contribution >= 0.6 is 0 Å². The Labute approximate surface area is 101 Å². The fourth-order valence-electron chi connectivity index (χ4n) is 2.02. The van der Waals surface area contributed by atoms with Crippen LogP contribution in [0.1, 0.15) is 66.2 Å². The van der Waals surface area contributed by atoms with Gasteiger partial charge in [-0.1, -0.05) is 46.0 Å². The first-order chi connectivity index (χ1) is 7.67. The van der Waals surface area contributed by atoms with Crippen molar-refractivity contribution in [3.05, 3.63) is 0 Å². The number of carbonyl (C=O) groups is 1. The van der Waals surface area contributed by atoms with Crippen molar-refractivity contribution in [3.63, 3.8) is 0 Å². The van der Waals surface area contributed by atoms with E-state index in [2.05, 4.69) is 27.7 Å². The second-order valence-corrected chi connectivity index (χ2v) is 4.61. The van der Waals surface area contributed by atoms with Crippen molar-refractivity contribution in [2.75, 3.05) is 13.1 Å². The maximum atomic E-state index is 12.0. The van der Waals surface area contributed by atoms with Gasteiger partial charge in [-0.2, -0.15) is 0 Å². The summed E-state index contributed by atoms with van der Waals surface area (Å²) in [6.45, 7) is 10.1. The highest BCUT2D eigenvalue weighted by Crippen LogP contribution is 2.13. The molecule has 0 aliphatic carbocycles. The van der Waals surface area contributed by atoms with Crippen LogP contribution < -0.4 is 0 Å². The van der Waals surface area contributed by atoms with Crippen molar-refractivity contribution in [2.24, 2.45) is 5.92 Å². The molecule has 0 aromatic carbocycles. The lowest BCUT2D eigenvalue weighted by molar-refractivity contribution is -0.134. The predicted molar refractivity (Wildman–Crippen MR) is 70.5 cm³/mol. The Balaban J connectivity index is 3.70. The Morgan fingerprint density at radius 1 is 1.00 bits per heavy atom. The van der Waals surface area contributed by atoms with Crippen LogP contribution in [0.5, 0.6) is 0 Å². The van der Waals surface area contributed by atoms with Gasteiger partial charge in [-0.3, -0.25) is 4.79 Å². The van der Waals surface area contributed by atoms with Crippen molar-refractivity contribution >= 4 is 5.91 Å². The zero-order valence-corrected chi connectivity index (χ0v) is 11.6. The van der Waals surface area contributed by atoms with Crippen LogP contribution in [0.25, 0.3) is 0 Å². The molecule has 1 unspecified atom stereocenters. The first-order valence-electron chi connectivity index (χ1n) is 6.96. The maximum Gasteiger partial charge on any atom is 0.225 e. The zero-order chi connectivity index (χ0) is 12.4. The van der Waals surface area contributed by atoms with E-state index in [1.165, 1.54) is 32.1 Å². The van der Waals surface area contributed by atoms with Crippen LogP contribution in [0, 0.1) is 5.92 Å². The number of hydrogen-bond acceptors (Lipinski definition) is 1. The van der Waals surface area contributed by atoms with Gasteiger partial charge in [0, 0.05) is 19.0 Å². The summed E-state index contributed by atoms with van der Waals surface area (Å²) in [6.07, 6.45) is 7.48. The molecule has 0 radical (unpaired) electrons. The van der Waals surface area contributed by atoms with Crippen LogP contribution in [0.3, 0.4) is 0 Å². The van der Waals surface area contributed by atoms with E-state index in [1.807, 2.05) is 4.90 Å². The first-order valence-corrected chi connectivity index (χ1v) is 6.96. The SMILES string of the molecule is CCCCCCCC(C)C(=O)N(CC)CC. The van der Waals surface area contributed by atoms with Gasteiger partial charge in [-0.05, 0) is 20.3 Å². The molecule has 2 nitrogen and oxygen atoms in total. The Hall–Kier alpha value is -0.530. The molecule has 0 rings (SSSR count). The summed E-state index contributed by atoms with van der Waals surface area (Å²) in [5, 5.41) is 0. The average Bonchev–Trinajstić information content (AvgIpc) is 2.30. The fraction of sp³-hybridized carbons (Fsp3) is 0.929. The lowest BCUT2D eigenvalue weighted by Crippen LogP contribution is -2.34. The largest absolute Gasteiger partial charge is 0.343 e. The number of hydrogen-bond donors (Lipinski definition) is 0. The van der Waals surface area contributed by atoms with E-state index in [9.17, 15) is 4.79 Å². The molecule has 2 heteroatoms. The quantitative estimate of drug-likeness (QED) is 0.548. The smallest absolute Gasteiger partial charge is 0.225 e. The third kappa shape index (κ3) is 6.14. The second kappa shape index (κ2) is 9.68. The minimum atomic E-state index is 0.210. The molecule has 0 aliphatic heterocycles. The highest BCUT2D eigenvalue weighted by molar-refractivity contribution is 5.78. The number of carbonyl (C=O) groups excluding carboxylic acids is 1. The third-order valence-corrected chi connectivity index (χ3v) is 3.24. The molecule has 0 aromatic heterocycles. The van der Waals surface area contributed by atoms with Crippen LogP contribution in [-0.4, -0.2) is 23.9 Å². The molecule has 1 amide bonds. The maximum absolute atomic E-state index is 12.0. The zero-order valence-electron chi connectivity index (χ0n) is 11.6. The summed E-state index contributed by atoms with van der Waals surface area (Å²) in [4.78, 5) is 13.9. The molecule has 0 N–H and O–H groups in total. The molecule has 0 bridgehead atoms. The van der Waals surface area contributed by atoms with Gasteiger partial charge in [0.05, 0.1) is 0 Å². The highest BCUT2D eigenvalue weighted by atomic mass is 16.2. The molecule has 16 heavy (non-hydrogen) atoms. The van der Waals surface area contributed by atoms with Crippen molar-refractivity contribution in [2.45, 2.75) is 66.2 Å². The molecular formula is C14H29NO. The van der Waals surface area contributed by atoms with Crippen LogP contribution in [0.15, 0.2) is 0 Å². The minimum absolute atomic E-state index is 0.210. The molecule has 0 saturated carbocycles. The number of nitrogens with zero attached hydrogens (tertiary/aromatic N) is 1. The summed E-state index contributed by atoms with van der Waals surface area (Å²) in [6, 6.07) is 0.